The molecule has 0 saturated carbocycles. The molecule has 0 aliphatic carbocycles. The lowest BCUT2D eigenvalue weighted by Gasteiger charge is -2.15. The van der Waals surface area contributed by atoms with Gasteiger partial charge >= 0.3 is 11.9 Å². The minimum absolute atomic E-state index is 0. The van der Waals surface area contributed by atoms with Gasteiger partial charge in [0.1, 0.15) is 0 Å². The van der Waals surface area contributed by atoms with E-state index in [1.54, 1.807) is 6.92 Å². The van der Waals surface area contributed by atoms with E-state index in [9.17, 15) is 14.7 Å². The number of halogens is 1. The maximum atomic E-state index is 10.9. The van der Waals surface area contributed by atoms with Gasteiger partial charge in [0.25, 0.3) is 0 Å². The molecule has 7 N–H and O–H groups in total. The fourth-order valence-electron chi connectivity index (χ4n) is 1.57. The molecular formula is C14H31ClN2O6. The first kappa shape index (κ1) is 26.9. The fraction of sp³-hybridized carbons (Fsp3) is 0.857. The van der Waals surface area contributed by atoms with E-state index in [1.165, 1.54) is 0 Å². The molecule has 9 heteroatoms. The van der Waals surface area contributed by atoms with Crippen LogP contribution in [-0.4, -0.2) is 58.2 Å². The molecule has 0 aromatic heterocycles. The van der Waals surface area contributed by atoms with Gasteiger partial charge < -0.3 is 31.5 Å². The van der Waals surface area contributed by atoms with Gasteiger partial charge in [-0.3, -0.25) is 0 Å². The van der Waals surface area contributed by atoms with Crippen molar-refractivity contribution in [1.82, 2.24) is 0 Å². The van der Waals surface area contributed by atoms with Gasteiger partial charge in [0, 0.05) is 12.1 Å². The van der Waals surface area contributed by atoms with Crippen molar-refractivity contribution < 1.29 is 29.6 Å². The van der Waals surface area contributed by atoms with Crippen molar-refractivity contribution in [2.45, 2.75) is 70.7 Å². The summed E-state index contributed by atoms with van der Waals surface area (Å²) in [4.78, 5) is 21.0. The van der Waals surface area contributed by atoms with Crippen LogP contribution in [0.25, 0.3) is 0 Å². The SMILES string of the molecule is CCC[C@H](N)C(O)C(=O)O.CCC[C@H](N)C(O)C(=O)OCC.Cl. The number of aliphatic hydroxyl groups is 2. The first-order chi connectivity index (χ1) is 10.2. The highest BCUT2D eigenvalue weighted by Crippen LogP contribution is 2.01. The second kappa shape index (κ2) is 15.9. The minimum atomic E-state index is -1.42. The normalized spacial score (nSPS) is 15.1. The van der Waals surface area contributed by atoms with Gasteiger partial charge in [-0.1, -0.05) is 26.7 Å². The van der Waals surface area contributed by atoms with Gasteiger partial charge in [-0.25, -0.2) is 9.59 Å². The van der Waals surface area contributed by atoms with Crippen LogP contribution in [0, 0.1) is 0 Å². The largest absolute Gasteiger partial charge is 0.479 e. The minimum Gasteiger partial charge on any atom is -0.479 e. The molecule has 0 aromatic rings. The zero-order valence-corrected chi connectivity index (χ0v) is 14.8. The molecule has 2 unspecified atom stereocenters. The van der Waals surface area contributed by atoms with Crippen molar-refractivity contribution in [3.8, 4) is 0 Å². The number of rotatable bonds is 9. The van der Waals surface area contributed by atoms with Crippen LogP contribution in [0.5, 0.6) is 0 Å². The average molecular weight is 359 g/mol. The lowest BCUT2D eigenvalue weighted by Crippen LogP contribution is -2.41. The number of hydrogen-bond acceptors (Lipinski definition) is 7. The Hall–Kier alpha value is -0.930. The zero-order valence-electron chi connectivity index (χ0n) is 14.0. The molecule has 8 nitrogen and oxygen atoms in total. The number of carbonyl (C=O) groups is 2. The van der Waals surface area contributed by atoms with Crippen LogP contribution in [0.4, 0.5) is 0 Å². The number of carboxylic acid groups (broad SMARTS) is 1. The van der Waals surface area contributed by atoms with E-state index in [4.69, 9.17) is 21.7 Å². The van der Waals surface area contributed by atoms with Gasteiger partial charge in [0.2, 0.25) is 0 Å². The Kier molecular flexibility index (Phi) is 18.7. The Morgan fingerprint density at radius 1 is 0.957 bits per heavy atom. The standard InChI is InChI=1S/C8H17NO3.C6H13NO3.ClH/c1-3-5-6(9)7(10)8(11)12-4-2;1-2-3-4(7)5(8)6(9)10;/h6-7,10H,3-5,9H2,1-2H3;4-5,8H,2-3,7H2,1H3,(H,9,10);1H/t6-,7?;4-,5?;/m00./s1. The monoisotopic (exact) mass is 358 g/mol. The molecular weight excluding hydrogens is 328 g/mol. The maximum Gasteiger partial charge on any atom is 0.336 e. The molecule has 0 heterocycles. The zero-order chi connectivity index (χ0) is 17.7. The van der Waals surface area contributed by atoms with Crippen molar-refractivity contribution in [3.05, 3.63) is 0 Å². The lowest BCUT2D eigenvalue weighted by atomic mass is 10.1. The molecule has 23 heavy (non-hydrogen) atoms. The Balaban J connectivity index is -0.000000338. The Morgan fingerprint density at radius 2 is 1.35 bits per heavy atom. The molecule has 0 aromatic carbocycles. The Bertz CT molecular complexity index is 320. The molecule has 0 aliphatic heterocycles. The average Bonchev–Trinajstić information content (AvgIpc) is 2.46. The summed E-state index contributed by atoms with van der Waals surface area (Å²) in [5, 5.41) is 26.3. The summed E-state index contributed by atoms with van der Waals surface area (Å²) in [6.45, 7) is 5.79. The molecule has 0 aliphatic rings. The smallest absolute Gasteiger partial charge is 0.336 e. The molecule has 4 atom stereocenters. The molecule has 0 saturated heterocycles. The summed E-state index contributed by atoms with van der Waals surface area (Å²) in [6.07, 6.45) is 0.196. The van der Waals surface area contributed by atoms with E-state index in [2.05, 4.69) is 4.74 Å². The van der Waals surface area contributed by atoms with Gasteiger partial charge in [-0.15, -0.1) is 12.4 Å². The molecule has 140 valence electrons. The quantitative estimate of drug-likeness (QED) is 0.361. The van der Waals surface area contributed by atoms with Crippen LogP contribution in [0.15, 0.2) is 0 Å². The summed E-state index contributed by atoms with van der Waals surface area (Å²) in [5.74, 6) is -1.88. The number of nitrogens with two attached hydrogens (primary N) is 2. The highest BCUT2D eigenvalue weighted by atomic mass is 35.5. The van der Waals surface area contributed by atoms with Crippen LogP contribution in [0.2, 0.25) is 0 Å². The Morgan fingerprint density at radius 3 is 1.65 bits per heavy atom. The number of aliphatic hydroxyl groups excluding tert-OH is 2. The van der Waals surface area contributed by atoms with Crippen molar-refractivity contribution in [1.29, 1.82) is 0 Å². The van der Waals surface area contributed by atoms with E-state index in [0.717, 1.165) is 12.8 Å². The highest BCUT2D eigenvalue weighted by Gasteiger charge is 2.23. The Labute approximate surface area is 143 Å². The number of carboxylic acids is 1. The van der Waals surface area contributed by atoms with E-state index in [-0.39, 0.29) is 19.0 Å². The second-order valence-corrected chi connectivity index (χ2v) is 4.89. The molecule has 0 bridgehead atoms. The van der Waals surface area contributed by atoms with Crippen LogP contribution in [0.1, 0.15) is 46.5 Å². The van der Waals surface area contributed by atoms with Crippen molar-refractivity contribution in [2.75, 3.05) is 6.61 Å². The first-order valence-corrected chi connectivity index (χ1v) is 7.49. The van der Waals surface area contributed by atoms with Crippen molar-refractivity contribution in [3.63, 3.8) is 0 Å². The second-order valence-electron chi connectivity index (χ2n) is 4.89. The van der Waals surface area contributed by atoms with Gasteiger partial charge in [-0.05, 0) is 19.8 Å². The van der Waals surface area contributed by atoms with Crippen LogP contribution >= 0.6 is 12.4 Å². The lowest BCUT2D eigenvalue weighted by molar-refractivity contribution is -0.154. The topological polar surface area (TPSA) is 156 Å². The number of esters is 1. The first-order valence-electron chi connectivity index (χ1n) is 7.49. The van der Waals surface area contributed by atoms with Crippen molar-refractivity contribution in [2.24, 2.45) is 11.5 Å². The molecule has 0 rings (SSSR count). The van der Waals surface area contributed by atoms with Crippen LogP contribution < -0.4 is 11.5 Å². The maximum absolute atomic E-state index is 10.9. The molecule has 0 amide bonds. The van der Waals surface area contributed by atoms with E-state index in [1.807, 2.05) is 13.8 Å². The van der Waals surface area contributed by atoms with E-state index < -0.39 is 36.2 Å². The van der Waals surface area contributed by atoms with Gasteiger partial charge in [0.05, 0.1) is 6.61 Å². The summed E-state index contributed by atoms with van der Waals surface area (Å²) in [7, 11) is 0. The number of ether oxygens (including phenoxy) is 1. The summed E-state index contributed by atoms with van der Waals surface area (Å²) in [6, 6.07) is -1.14. The predicted molar refractivity (Wildman–Crippen MR) is 89.3 cm³/mol. The van der Waals surface area contributed by atoms with Crippen molar-refractivity contribution >= 4 is 24.3 Å². The third kappa shape index (κ3) is 13.2. The summed E-state index contributed by atoms with van der Waals surface area (Å²) >= 11 is 0. The third-order valence-electron chi connectivity index (χ3n) is 2.84. The highest BCUT2D eigenvalue weighted by molar-refractivity contribution is 5.85. The predicted octanol–water partition coefficient (Wildman–Crippen LogP) is 0.0189. The van der Waals surface area contributed by atoms with Crippen LogP contribution in [0.3, 0.4) is 0 Å². The third-order valence-corrected chi connectivity index (χ3v) is 2.84. The fourth-order valence-corrected chi connectivity index (χ4v) is 1.57. The number of carbonyl (C=O) groups excluding carboxylic acids is 1. The van der Waals surface area contributed by atoms with Gasteiger partial charge in [0.15, 0.2) is 12.2 Å². The van der Waals surface area contributed by atoms with Gasteiger partial charge in [-0.2, -0.15) is 0 Å². The van der Waals surface area contributed by atoms with Crippen LogP contribution in [-0.2, 0) is 14.3 Å². The summed E-state index contributed by atoms with van der Waals surface area (Å²) in [5.41, 5.74) is 10.8. The molecule has 0 fully saturated rings. The van der Waals surface area contributed by atoms with E-state index >= 15 is 0 Å². The number of aliphatic carboxylic acids is 1. The number of hydrogen-bond donors (Lipinski definition) is 5. The summed E-state index contributed by atoms with van der Waals surface area (Å²) < 4.78 is 4.60. The molecule has 0 spiro atoms. The van der Waals surface area contributed by atoms with E-state index in [0.29, 0.717) is 12.8 Å². The molecule has 0 radical (unpaired) electrons.